The maximum Gasteiger partial charge on any atom is 0.251 e. The summed E-state index contributed by atoms with van der Waals surface area (Å²) in [7, 11) is 0. The molecule has 1 aliphatic rings. The van der Waals surface area contributed by atoms with Gasteiger partial charge in [-0.25, -0.2) is 9.37 Å². The normalized spacial score (nSPS) is 16.4. The van der Waals surface area contributed by atoms with Crippen LogP contribution in [0.3, 0.4) is 0 Å². The summed E-state index contributed by atoms with van der Waals surface area (Å²) in [6.45, 7) is 2.82. The van der Waals surface area contributed by atoms with Crippen molar-refractivity contribution in [3.05, 3.63) is 95.4 Å². The SMILES string of the molecule is O=C(NCc1ccc(F)cc1)c1ccnc(N2CCN[C@H](c3ccccc3)C2)c1. The van der Waals surface area contributed by atoms with Crippen molar-refractivity contribution in [3.63, 3.8) is 0 Å². The molecule has 0 saturated carbocycles. The lowest BCUT2D eigenvalue weighted by molar-refractivity contribution is 0.0951. The Bertz CT molecular complexity index is 962. The molecular formula is C23H23FN4O. The molecule has 4 rings (SSSR count). The molecule has 6 heteroatoms. The highest BCUT2D eigenvalue weighted by atomic mass is 19.1. The maximum atomic E-state index is 13.0. The van der Waals surface area contributed by atoms with E-state index in [-0.39, 0.29) is 17.8 Å². The Morgan fingerprint density at radius 2 is 1.93 bits per heavy atom. The van der Waals surface area contributed by atoms with E-state index in [1.807, 2.05) is 24.3 Å². The summed E-state index contributed by atoms with van der Waals surface area (Å²) in [6, 6.07) is 20.2. The van der Waals surface area contributed by atoms with Gasteiger partial charge in [-0.15, -0.1) is 0 Å². The minimum absolute atomic E-state index is 0.173. The van der Waals surface area contributed by atoms with E-state index in [1.165, 1.54) is 17.7 Å². The molecule has 1 atom stereocenters. The second-order valence-corrected chi connectivity index (χ2v) is 7.08. The molecule has 1 saturated heterocycles. The molecular weight excluding hydrogens is 367 g/mol. The van der Waals surface area contributed by atoms with Crippen LogP contribution in [0, 0.1) is 5.82 Å². The lowest BCUT2D eigenvalue weighted by Gasteiger charge is -2.34. The van der Waals surface area contributed by atoms with Crippen molar-refractivity contribution in [1.82, 2.24) is 15.6 Å². The maximum absolute atomic E-state index is 13.0. The minimum atomic E-state index is -0.288. The molecule has 3 aromatic rings. The van der Waals surface area contributed by atoms with Crippen molar-refractivity contribution in [2.45, 2.75) is 12.6 Å². The number of carbonyl (C=O) groups excluding carboxylic acids is 1. The van der Waals surface area contributed by atoms with Crippen molar-refractivity contribution >= 4 is 11.7 Å². The van der Waals surface area contributed by atoms with Crippen LogP contribution in [0.1, 0.15) is 27.5 Å². The Labute approximate surface area is 169 Å². The average Bonchev–Trinajstić information content (AvgIpc) is 2.79. The summed E-state index contributed by atoms with van der Waals surface area (Å²) in [5, 5.41) is 6.42. The van der Waals surface area contributed by atoms with Gasteiger partial charge in [0.2, 0.25) is 0 Å². The van der Waals surface area contributed by atoms with E-state index >= 15 is 0 Å². The van der Waals surface area contributed by atoms with E-state index in [0.29, 0.717) is 12.1 Å². The third-order valence-corrected chi connectivity index (χ3v) is 5.08. The lowest BCUT2D eigenvalue weighted by Crippen LogP contribution is -2.46. The predicted octanol–water partition coefficient (Wildman–Crippen LogP) is 3.30. The Hall–Kier alpha value is -3.25. The first-order valence-corrected chi connectivity index (χ1v) is 9.71. The third kappa shape index (κ3) is 4.78. The number of benzene rings is 2. The number of nitrogens with one attached hydrogen (secondary N) is 2. The van der Waals surface area contributed by atoms with Crippen molar-refractivity contribution < 1.29 is 9.18 Å². The summed E-state index contributed by atoms with van der Waals surface area (Å²) >= 11 is 0. The van der Waals surface area contributed by atoms with Crippen molar-refractivity contribution in [2.24, 2.45) is 0 Å². The van der Waals surface area contributed by atoms with Crippen molar-refractivity contribution in [3.8, 4) is 0 Å². The highest BCUT2D eigenvalue weighted by Crippen LogP contribution is 2.21. The number of nitrogens with zero attached hydrogens (tertiary/aromatic N) is 2. The molecule has 2 N–H and O–H groups in total. The summed E-state index contributed by atoms with van der Waals surface area (Å²) in [6.07, 6.45) is 1.67. The minimum Gasteiger partial charge on any atom is -0.353 e. The number of piperazine rings is 1. The zero-order valence-electron chi connectivity index (χ0n) is 16.0. The van der Waals surface area contributed by atoms with Gasteiger partial charge in [0.15, 0.2) is 0 Å². The molecule has 0 unspecified atom stereocenters. The van der Waals surface area contributed by atoms with Crippen LogP contribution in [0.25, 0.3) is 0 Å². The molecule has 0 radical (unpaired) electrons. The topological polar surface area (TPSA) is 57.3 Å². The van der Waals surface area contributed by atoms with E-state index in [1.54, 1.807) is 24.4 Å². The van der Waals surface area contributed by atoms with Gasteiger partial charge in [0.05, 0.1) is 0 Å². The van der Waals surface area contributed by atoms with Crippen LogP contribution in [0.5, 0.6) is 0 Å². The first-order chi connectivity index (χ1) is 14.2. The van der Waals surface area contributed by atoms with Gasteiger partial charge in [-0.1, -0.05) is 42.5 Å². The molecule has 0 bridgehead atoms. The first kappa shape index (κ1) is 19.1. The molecule has 2 heterocycles. The Morgan fingerprint density at radius 1 is 1.14 bits per heavy atom. The van der Waals surface area contributed by atoms with E-state index in [0.717, 1.165) is 31.0 Å². The van der Waals surface area contributed by atoms with Gasteiger partial charge < -0.3 is 15.5 Å². The van der Waals surface area contributed by atoms with Gasteiger partial charge in [-0.05, 0) is 35.4 Å². The Balaban J connectivity index is 1.42. The van der Waals surface area contributed by atoms with E-state index in [4.69, 9.17) is 0 Å². The van der Waals surface area contributed by atoms with E-state index < -0.39 is 0 Å². The van der Waals surface area contributed by atoms with Crippen LogP contribution in [0.4, 0.5) is 10.2 Å². The fourth-order valence-electron chi connectivity index (χ4n) is 3.49. The number of hydrogen-bond donors (Lipinski definition) is 2. The monoisotopic (exact) mass is 390 g/mol. The molecule has 1 aromatic heterocycles. The fraction of sp³-hybridized carbons (Fsp3) is 0.217. The number of anilines is 1. The van der Waals surface area contributed by atoms with Crippen molar-refractivity contribution in [1.29, 1.82) is 0 Å². The van der Waals surface area contributed by atoms with Gasteiger partial charge in [0.25, 0.3) is 5.91 Å². The smallest absolute Gasteiger partial charge is 0.251 e. The molecule has 29 heavy (non-hydrogen) atoms. The average molecular weight is 390 g/mol. The lowest BCUT2D eigenvalue weighted by atomic mass is 10.0. The second kappa shape index (κ2) is 8.84. The number of aromatic nitrogens is 1. The number of amides is 1. The Morgan fingerprint density at radius 3 is 2.72 bits per heavy atom. The summed E-state index contributed by atoms with van der Waals surface area (Å²) in [5.41, 5.74) is 2.65. The Kier molecular flexibility index (Phi) is 5.81. The van der Waals surface area contributed by atoms with E-state index in [2.05, 4.69) is 32.7 Å². The zero-order valence-corrected chi connectivity index (χ0v) is 16.0. The van der Waals surface area contributed by atoms with Gasteiger partial charge in [-0.2, -0.15) is 0 Å². The molecule has 5 nitrogen and oxygen atoms in total. The van der Waals surface area contributed by atoms with Gasteiger partial charge in [-0.3, -0.25) is 4.79 Å². The molecule has 1 fully saturated rings. The molecule has 0 spiro atoms. The summed E-state index contributed by atoms with van der Waals surface area (Å²) < 4.78 is 13.0. The number of carbonyl (C=O) groups is 1. The molecule has 1 aliphatic heterocycles. The standard InChI is InChI=1S/C23H23FN4O/c24-20-8-6-17(7-9-20)15-27-23(29)19-10-11-26-22(14-19)28-13-12-25-21(16-28)18-4-2-1-3-5-18/h1-11,14,21,25H,12-13,15-16H2,(H,27,29)/t21-/m0/s1. The van der Waals surface area contributed by atoms with Crippen LogP contribution >= 0.6 is 0 Å². The van der Waals surface area contributed by atoms with Crippen LogP contribution in [-0.2, 0) is 6.54 Å². The molecule has 2 aromatic carbocycles. The van der Waals surface area contributed by atoms with Gasteiger partial charge in [0, 0.05) is 44.0 Å². The van der Waals surface area contributed by atoms with E-state index in [9.17, 15) is 9.18 Å². The molecule has 0 aliphatic carbocycles. The van der Waals surface area contributed by atoms with Gasteiger partial charge >= 0.3 is 0 Å². The number of rotatable bonds is 5. The highest BCUT2D eigenvalue weighted by Gasteiger charge is 2.22. The van der Waals surface area contributed by atoms with Crippen molar-refractivity contribution in [2.75, 3.05) is 24.5 Å². The highest BCUT2D eigenvalue weighted by molar-refractivity contribution is 5.94. The largest absolute Gasteiger partial charge is 0.353 e. The van der Waals surface area contributed by atoms with Crippen LogP contribution in [-0.4, -0.2) is 30.5 Å². The number of hydrogen-bond acceptors (Lipinski definition) is 4. The molecule has 1 amide bonds. The van der Waals surface area contributed by atoms with Crippen LogP contribution < -0.4 is 15.5 Å². The first-order valence-electron chi connectivity index (χ1n) is 9.71. The fourth-order valence-corrected chi connectivity index (χ4v) is 3.49. The van der Waals surface area contributed by atoms with Gasteiger partial charge in [0.1, 0.15) is 11.6 Å². The summed E-state index contributed by atoms with van der Waals surface area (Å²) in [5.74, 6) is 0.332. The number of pyridine rings is 1. The summed E-state index contributed by atoms with van der Waals surface area (Å²) in [4.78, 5) is 19.2. The van der Waals surface area contributed by atoms with Crippen LogP contribution in [0.15, 0.2) is 72.9 Å². The third-order valence-electron chi connectivity index (χ3n) is 5.08. The molecule has 148 valence electrons. The number of halogens is 1. The predicted molar refractivity (Wildman–Crippen MR) is 111 cm³/mol. The zero-order chi connectivity index (χ0) is 20.1. The quantitative estimate of drug-likeness (QED) is 0.702. The van der Waals surface area contributed by atoms with Crippen LogP contribution in [0.2, 0.25) is 0 Å². The second-order valence-electron chi connectivity index (χ2n) is 7.08.